The zero-order chi connectivity index (χ0) is 11.3. The van der Waals surface area contributed by atoms with Crippen LogP contribution in [-0.2, 0) is 4.74 Å². The molecule has 0 aliphatic carbocycles. The first kappa shape index (κ1) is 12.7. The summed E-state index contributed by atoms with van der Waals surface area (Å²) in [6, 6.07) is 8.32. The van der Waals surface area contributed by atoms with Crippen molar-refractivity contribution in [1.29, 1.82) is 0 Å². The molecule has 0 radical (unpaired) electrons. The van der Waals surface area contributed by atoms with E-state index < -0.39 is 0 Å². The summed E-state index contributed by atoms with van der Waals surface area (Å²) < 4.78 is 7.01. The van der Waals surface area contributed by atoms with Crippen molar-refractivity contribution in [1.82, 2.24) is 0 Å². The Kier molecular flexibility index (Phi) is 5.34. The molecular formula is C13H19BrO. The second-order valence-electron chi connectivity index (χ2n) is 3.93. The van der Waals surface area contributed by atoms with E-state index in [4.69, 9.17) is 4.74 Å². The average Bonchev–Trinajstić information content (AvgIpc) is 2.18. The van der Waals surface area contributed by atoms with Gasteiger partial charge in [0.25, 0.3) is 0 Å². The van der Waals surface area contributed by atoms with Gasteiger partial charge in [-0.2, -0.15) is 0 Å². The molecule has 0 spiro atoms. The molecule has 1 aromatic carbocycles. The molecule has 15 heavy (non-hydrogen) atoms. The number of hydrogen-bond acceptors (Lipinski definition) is 1. The van der Waals surface area contributed by atoms with Gasteiger partial charge in [-0.25, -0.2) is 0 Å². The minimum absolute atomic E-state index is 0.180. The van der Waals surface area contributed by atoms with E-state index in [9.17, 15) is 0 Å². The van der Waals surface area contributed by atoms with Crippen LogP contribution in [0.2, 0.25) is 0 Å². The SMILES string of the molecule is CCCC(C)OC(C)c1ccc(Br)cc1. The number of ether oxygens (including phenoxy) is 1. The summed E-state index contributed by atoms with van der Waals surface area (Å²) in [5.74, 6) is 0. The van der Waals surface area contributed by atoms with E-state index >= 15 is 0 Å². The standard InChI is InChI=1S/C13H19BrO/c1-4-5-10(2)15-11(3)12-6-8-13(14)9-7-12/h6-11H,4-5H2,1-3H3. The van der Waals surface area contributed by atoms with E-state index in [1.54, 1.807) is 0 Å². The van der Waals surface area contributed by atoms with E-state index in [0.29, 0.717) is 6.10 Å². The molecule has 1 aromatic rings. The summed E-state index contributed by atoms with van der Waals surface area (Å²) in [6.07, 6.45) is 2.82. The van der Waals surface area contributed by atoms with E-state index in [2.05, 4.69) is 61.0 Å². The Balaban J connectivity index is 2.53. The van der Waals surface area contributed by atoms with Crippen LogP contribution < -0.4 is 0 Å². The summed E-state index contributed by atoms with van der Waals surface area (Å²) in [7, 11) is 0. The van der Waals surface area contributed by atoms with Crippen LogP contribution in [-0.4, -0.2) is 6.10 Å². The Bertz CT molecular complexity index is 281. The van der Waals surface area contributed by atoms with Gasteiger partial charge in [0, 0.05) is 4.47 Å². The maximum Gasteiger partial charge on any atom is 0.0800 e. The molecule has 0 N–H and O–H groups in total. The molecule has 0 amide bonds. The molecule has 0 saturated carbocycles. The third kappa shape index (κ3) is 4.35. The lowest BCUT2D eigenvalue weighted by atomic mass is 10.1. The van der Waals surface area contributed by atoms with Crippen LogP contribution in [0.3, 0.4) is 0 Å². The van der Waals surface area contributed by atoms with Gasteiger partial charge < -0.3 is 4.74 Å². The third-order valence-electron chi connectivity index (χ3n) is 2.47. The lowest BCUT2D eigenvalue weighted by molar-refractivity contribution is 0.00257. The zero-order valence-corrected chi connectivity index (χ0v) is 11.3. The van der Waals surface area contributed by atoms with Gasteiger partial charge in [0.05, 0.1) is 12.2 Å². The molecular weight excluding hydrogens is 252 g/mol. The predicted molar refractivity (Wildman–Crippen MR) is 68.0 cm³/mol. The van der Waals surface area contributed by atoms with Crippen LogP contribution >= 0.6 is 15.9 Å². The molecule has 0 bridgehead atoms. The largest absolute Gasteiger partial charge is 0.371 e. The van der Waals surface area contributed by atoms with Crippen LogP contribution in [0.5, 0.6) is 0 Å². The summed E-state index contributed by atoms with van der Waals surface area (Å²) in [6.45, 7) is 6.43. The fourth-order valence-corrected chi connectivity index (χ4v) is 1.90. The Hall–Kier alpha value is -0.340. The van der Waals surface area contributed by atoms with Crippen LogP contribution in [0.25, 0.3) is 0 Å². The molecule has 2 heteroatoms. The summed E-state index contributed by atoms with van der Waals surface area (Å²) >= 11 is 3.43. The quantitative estimate of drug-likeness (QED) is 0.753. The molecule has 0 fully saturated rings. The van der Waals surface area contributed by atoms with Crippen LogP contribution in [0.15, 0.2) is 28.7 Å². The number of hydrogen-bond donors (Lipinski definition) is 0. The molecule has 0 aliphatic heterocycles. The molecule has 0 heterocycles. The lowest BCUT2D eigenvalue weighted by Gasteiger charge is -2.19. The van der Waals surface area contributed by atoms with Gasteiger partial charge in [-0.3, -0.25) is 0 Å². The van der Waals surface area contributed by atoms with Gasteiger partial charge in [0.2, 0.25) is 0 Å². The predicted octanol–water partition coefficient (Wildman–Crippen LogP) is 4.72. The van der Waals surface area contributed by atoms with Gasteiger partial charge in [0.15, 0.2) is 0 Å². The van der Waals surface area contributed by atoms with E-state index in [1.165, 1.54) is 12.0 Å². The monoisotopic (exact) mass is 270 g/mol. The highest BCUT2D eigenvalue weighted by Gasteiger charge is 2.09. The van der Waals surface area contributed by atoms with E-state index in [0.717, 1.165) is 10.9 Å². The molecule has 1 nitrogen and oxygen atoms in total. The van der Waals surface area contributed by atoms with Gasteiger partial charge in [-0.15, -0.1) is 0 Å². The summed E-state index contributed by atoms with van der Waals surface area (Å²) in [5.41, 5.74) is 1.24. The normalized spacial score (nSPS) is 14.9. The van der Waals surface area contributed by atoms with Crippen molar-refractivity contribution in [3.63, 3.8) is 0 Å². The van der Waals surface area contributed by atoms with Crippen molar-refractivity contribution >= 4 is 15.9 Å². The highest BCUT2D eigenvalue weighted by atomic mass is 79.9. The average molecular weight is 271 g/mol. The second kappa shape index (κ2) is 6.29. The number of benzene rings is 1. The maximum atomic E-state index is 5.90. The third-order valence-corrected chi connectivity index (χ3v) is 3.00. The smallest absolute Gasteiger partial charge is 0.0800 e. The van der Waals surface area contributed by atoms with Crippen molar-refractivity contribution in [3.05, 3.63) is 34.3 Å². The van der Waals surface area contributed by atoms with Crippen LogP contribution in [0.1, 0.15) is 45.3 Å². The second-order valence-corrected chi connectivity index (χ2v) is 4.84. The molecule has 84 valence electrons. The van der Waals surface area contributed by atoms with Crippen molar-refractivity contribution in [2.75, 3.05) is 0 Å². The molecule has 2 atom stereocenters. The maximum absolute atomic E-state index is 5.90. The lowest BCUT2D eigenvalue weighted by Crippen LogP contribution is -2.11. The minimum atomic E-state index is 0.180. The van der Waals surface area contributed by atoms with Gasteiger partial charge in [-0.1, -0.05) is 41.4 Å². The first-order valence-electron chi connectivity index (χ1n) is 5.54. The van der Waals surface area contributed by atoms with Crippen molar-refractivity contribution < 1.29 is 4.74 Å². The Labute approximate surface area is 101 Å². The fourth-order valence-electron chi connectivity index (χ4n) is 1.64. The molecule has 1 rings (SSSR count). The Morgan fingerprint density at radius 1 is 1.20 bits per heavy atom. The van der Waals surface area contributed by atoms with Crippen LogP contribution in [0, 0.1) is 0 Å². The Morgan fingerprint density at radius 2 is 1.80 bits per heavy atom. The Morgan fingerprint density at radius 3 is 2.33 bits per heavy atom. The van der Waals surface area contributed by atoms with E-state index in [-0.39, 0.29) is 6.10 Å². The molecule has 0 aromatic heterocycles. The van der Waals surface area contributed by atoms with Gasteiger partial charge >= 0.3 is 0 Å². The van der Waals surface area contributed by atoms with Gasteiger partial charge in [-0.05, 0) is 38.0 Å². The summed E-state index contributed by atoms with van der Waals surface area (Å²) in [4.78, 5) is 0. The van der Waals surface area contributed by atoms with Crippen molar-refractivity contribution in [3.8, 4) is 0 Å². The van der Waals surface area contributed by atoms with Crippen molar-refractivity contribution in [2.24, 2.45) is 0 Å². The van der Waals surface area contributed by atoms with E-state index in [1.807, 2.05) is 0 Å². The fraction of sp³-hybridized carbons (Fsp3) is 0.538. The van der Waals surface area contributed by atoms with Gasteiger partial charge in [0.1, 0.15) is 0 Å². The van der Waals surface area contributed by atoms with Crippen molar-refractivity contribution in [2.45, 2.75) is 45.8 Å². The number of halogens is 1. The zero-order valence-electron chi connectivity index (χ0n) is 9.66. The highest BCUT2D eigenvalue weighted by Crippen LogP contribution is 2.21. The first-order chi connectivity index (χ1) is 7.13. The molecule has 0 aliphatic rings. The minimum Gasteiger partial charge on any atom is -0.371 e. The number of rotatable bonds is 5. The van der Waals surface area contributed by atoms with Crippen LogP contribution in [0.4, 0.5) is 0 Å². The topological polar surface area (TPSA) is 9.23 Å². The summed E-state index contributed by atoms with van der Waals surface area (Å²) in [5, 5.41) is 0. The molecule has 0 saturated heterocycles. The first-order valence-corrected chi connectivity index (χ1v) is 6.33. The highest BCUT2D eigenvalue weighted by molar-refractivity contribution is 9.10. The molecule has 2 unspecified atom stereocenters.